The van der Waals surface area contributed by atoms with Gasteiger partial charge in [-0.05, 0) is 34.9 Å². The van der Waals surface area contributed by atoms with Crippen LogP contribution in [0.2, 0.25) is 0 Å². The van der Waals surface area contributed by atoms with E-state index in [2.05, 4.69) is 0 Å². The van der Waals surface area contributed by atoms with E-state index < -0.39 is 21.9 Å². The lowest BCUT2D eigenvalue weighted by atomic mass is 9.86. The van der Waals surface area contributed by atoms with E-state index >= 15 is 0 Å². The average molecular weight is 397 g/mol. The van der Waals surface area contributed by atoms with E-state index in [1.807, 2.05) is 0 Å². The molecule has 0 fully saturated rings. The molecule has 0 saturated carbocycles. The van der Waals surface area contributed by atoms with Crippen molar-refractivity contribution in [3.63, 3.8) is 0 Å². The molecule has 0 aromatic heterocycles. The normalized spacial score (nSPS) is 15.3. The maximum Gasteiger partial charge on any atom is 0.213 e. The molecule has 1 unspecified atom stereocenters. The minimum Gasteiger partial charge on any atom is -0.480 e. The van der Waals surface area contributed by atoms with Crippen molar-refractivity contribution in [2.75, 3.05) is 0 Å². The van der Waals surface area contributed by atoms with Crippen LogP contribution in [0.4, 0.5) is 4.39 Å². The fourth-order valence-corrected chi connectivity index (χ4v) is 4.16. The molecule has 3 aromatic carbocycles. The maximum absolute atomic E-state index is 13.8. The van der Waals surface area contributed by atoms with Gasteiger partial charge in [-0.3, -0.25) is 4.79 Å². The highest BCUT2D eigenvalue weighted by molar-refractivity contribution is 7.88. The Bertz CT molecular complexity index is 1190. The van der Waals surface area contributed by atoms with Gasteiger partial charge in [0.1, 0.15) is 17.7 Å². The first-order valence-electron chi connectivity index (χ1n) is 8.50. The van der Waals surface area contributed by atoms with Gasteiger partial charge in [-0.15, -0.1) is 0 Å². The first kappa shape index (κ1) is 18.3. The molecule has 3 aromatic rings. The fourth-order valence-electron chi connectivity index (χ4n) is 3.52. The number of benzene rings is 3. The predicted molar refractivity (Wildman–Crippen MR) is 103 cm³/mol. The number of primary sulfonamides is 1. The van der Waals surface area contributed by atoms with E-state index in [9.17, 15) is 17.6 Å². The zero-order valence-corrected chi connectivity index (χ0v) is 15.4. The van der Waals surface area contributed by atoms with E-state index in [0.29, 0.717) is 33.6 Å². The average Bonchev–Trinajstić information content (AvgIpc) is 2.65. The molecule has 1 aliphatic rings. The third-order valence-electron chi connectivity index (χ3n) is 4.62. The van der Waals surface area contributed by atoms with Crippen molar-refractivity contribution in [1.82, 2.24) is 0 Å². The highest BCUT2D eigenvalue weighted by atomic mass is 32.2. The molecule has 0 amide bonds. The van der Waals surface area contributed by atoms with E-state index in [1.54, 1.807) is 48.5 Å². The molecular formula is C21H16FNO4S. The lowest BCUT2D eigenvalue weighted by Gasteiger charge is -2.30. The van der Waals surface area contributed by atoms with Gasteiger partial charge < -0.3 is 4.74 Å². The first-order valence-corrected chi connectivity index (χ1v) is 10.2. The minimum absolute atomic E-state index is 0.335. The van der Waals surface area contributed by atoms with Gasteiger partial charge in [0.25, 0.3) is 0 Å². The molecule has 28 heavy (non-hydrogen) atoms. The summed E-state index contributed by atoms with van der Waals surface area (Å²) in [6.45, 7) is 0. The third-order valence-corrected chi connectivity index (χ3v) is 5.35. The van der Waals surface area contributed by atoms with Gasteiger partial charge in [0.05, 0.1) is 5.75 Å². The summed E-state index contributed by atoms with van der Waals surface area (Å²) < 4.78 is 43.0. The number of hydrogen-bond acceptors (Lipinski definition) is 4. The Hall–Kier alpha value is -3.03. The van der Waals surface area contributed by atoms with Crippen LogP contribution < -0.4 is 9.88 Å². The van der Waals surface area contributed by atoms with Crippen molar-refractivity contribution in [3.8, 4) is 16.9 Å². The highest BCUT2D eigenvalue weighted by Crippen LogP contribution is 2.46. The fraction of sp³-hybridized carbons (Fsp3) is 0.0952. The molecule has 1 atom stereocenters. The number of ether oxygens (including phenoxy) is 1. The standard InChI is InChI=1S/C21H16FNO4S/c22-16-5-1-3-14(10-16)21-18-9-13(12-28(23,25)26)7-8-17(18)20-15(11-24)4-2-6-19(20)27-21/h1-11,21H,12H2,(H2,23,25,26). The summed E-state index contributed by atoms with van der Waals surface area (Å²) in [5.41, 5.74) is 3.53. The van der Waals surface area contributed by atoms with Crippen LogP contribution >= 0.6 is 0 Å². The minimum atomic E-state index is -3.72. The number of carbonyl (C=O) groups excluding carboxylic acids is 1. The number of hydrogen-bond donors (Lipinski definition) is 1. The number of nitrogens with two attached hydrogens (primary N) is 1. The van der Waals surface area contributed by atoms with Crippen LogP contribution in [0.15, 0.2) is 60.7 Å². The van der Waals surface area contributed by atoms with Gasteiger partial charge >= 0.3 is 0 Å². The molecule has 5 nitrogen and oxygen atoms in total. The summed E-state index contributed by atoms with van der Waals surface area (Å²) in [6.07, 6.45) is 0.0905. The predicted octanol–water partition coefficient (Wildman–Crippen LogP) is 3.58. The van der Waals surface area contributed by atoms with Crippen molar-refractivity contribution in [2.24, 2.45) is 5.14 Å². The Balaban J connectivity index is 1.95. The molecule has 0 aliphatic carbocycles. The quantitative estimate of drug-likeness (QED) is 0.682. The Kier molecular flexibility index (Phi) is 4.49. The van der Waals surface area contributed by atoms with E-state index in [-0.39, 0.29) is 5.75 Å². The molecule has 1 heterocycles. The summed E-state index contributed by atoms with van der Waals surface area (Å²) in [4.78, 5) is 11.5. The van der Waals surface area contributed by atoms with Crippen LogP contribution in [0.1, 0.15) is 33.2 Å². The van der Waals surface area contributed by atoms with Gasteiger partial charge in [-0.1, -0.05) is 42.5 Å². The Morgan fingerprint density at radius 2 is 1.86 bits per heavy atom. The Morgan fingerprint density at radius 1 is 1.07 bits per heavy atom. The zero-order chi connectivity index (χ0) is 19.9. The van der Waals surface area contributed by atoms with E-state index in [1.165, 1.54) is 12.1 Å². The van der Waals surface area contributed by atoms with Crippen LogP contribution in [0.3, 0.4) is 0 Å². The molecule has 0 spiro atoms. The maximum atomic E-state index is 13.8. The van der Waals surface area contributed by atoms with Gasteiger partial charge in [-0.2, -0.15) is 0 Å². The molecule has 0 radical (unpaired) electrons. The highest BCUT2D eigenvalue weighted by Gasteiger charge is 2.29. The number of rotatable bonds is 4. The van der Waals surface area contributed by atoms with Crippen LogP contribution in [0.5, 0.6) is 5.75 Å². The second-order valence-electron chi connectivity index (χ2n) is 6.62. The van der Waals surface area contributed by atoms with Gasteiger partial charge in [0, 0.05) is 16.7 Å². The SMILES string of the molecule is NS(=O)(=O)Cc1ccc2c(c1)C(c1cccc(F)c1)Oc1cccc(C=O)c1-2. The summed E-state index contributed by atoms with van der Waals surface area (Å²) in [7, 11) is -3.72. The van der Waals surface area contributed by atoms with Crippen LogP contribution in [-0.2, 0) is 15.8 Å². The smallest absolute Gasteiger partial charge is 0.213 e. The molecule has 4 rings (SSSR count). The van der Waals surface area contributed by atoms with Crippen molar-refractivity contribution in [1.29, 1.82) is 0 Å². The van der Waals surface area contributed by atoms with E-state index in [0.717, 1.165) is 11.8 Å². The lowest BCUT2D eigenvalue weighted by molar-refractivity contribution is 0.112. The zero-order valence-electron chi connectivity index (χ0n) is 14.6. The van der Waals surface area contributed by atoms with Crippen molar-refractivity contribution in [3.05, 3.63) is 88.7 Å². The van der Waals surface area contributed by atoms with Crippen LogP contribution in [0, 0.1) is 5.82 Å². The van der Waals surface area contributed by atoms with Gasteiger partial charge in [0.2, 0.25) is 10.0 Å². The summed E-state index contributed by atoms with van der Waals surface area (Å²) in [6, 6.07) is 16.2. The first-order chi connectivity index (χ1) is 13.4. The largest absolute Gasteiger partial charge is 0.480 e. The van der Waals surface area contributed by atoms with Crippen LogP contribution in [-0.4, -0.2) is 14.7 Å². The molecule has 7 heteroatoms. The van der Waals surface area contributed by atoms with Crippen LogP contribution in [0.25, 0.3) is 11.1 Å². The van der Waals surface area contributed by atoms with E-state index in [4.69, 9.17) is 9.88 Å². The Labute approximate surface area is 161 Å². The molecule has 2 N–H and O–H groups in total. The second-order valence-corrected chi connectivity index (χ2v) is 8.23. The van der Waals surface area contributed by atoms with Gasteiger partial charge in [-0.25, -0.2) is 17.9 Å². The Morgan fingerprint density at radius 3 is 2.57 bits per heavy atom. The number of aldehydes is 1. The van der Waals surface area contributed by atoms with Gasteiger partial charge in [0.15, 0.2) is 6.29 Å². The molecule has 0 saturated heterocycles. The van der Waals surface area contributed by atoms with Crippen molar-refractivity contribution in [2.45, 2.75) is 11.9 Å². The summed E-state index contributed by atoms with van der Waals surface area (Å²) >= 11 is 0. The lowest BCUT2D eigenvalue weighted by Crippen LogP contribution is -2.18. The third kappa shape index (κ3) is 3.42. The molecule has 142 valence electrons. The monoisotopic (exact) mass is 397 g/mol. The number of fused-ring (bicyclic) bond motifs is 3. The summed E-state index contributed by atoms with van der Waals surface area (Å²) in [5.74, 6) is -0.237. The summed E-state index contributed by atoms with van der Waals surface area (Å²) in [5, 5.41) is 5.18. The molecule has 0 bridgehead atoms. The number of sulfonamides is 1. The number of carbonyl (C=O) groups is 1. The van der Waals surface area contributed by atoms with Crippen molar-refractivity contribution < 1.29 is 22.3 Å². The second kappa shape index (κ2) is 6.85. The number of halogens is 1. The molecular weight excluding hydrogens is 381 g/mol. The molecule has 1 aliphatic heterocycles. The topological polar surface area (TPSA) is 86.5 Å². The van der Waals surface area contributed by atoms with Crippen molar-refractivity contribution >= 4 is 16.3 Å².